The number of rotatable bonds is 4. The van der Waals surface area contributed by atoms with Crippen molar-refractivity contribution in [3.63, 3.8) is 0 Å². The molecule has 1 fully saturated rings. The summed E-state index contributed by atoms with van der Waals surface area (Å²) in [6, 6.07) is 0. The van der Waals surface area contributed by atoms with Crippen LogP contribution in [0.1, 0.15) is 30.7 Å². The van der Waals surface area contributed by atoms with Crippen LogP contribution in [-0.2, 0) is 11.2 Å². The van der Waals surface area contributed by atoms with E-state index in [0.717, 1.165) is 48.7 Å². The molecule has 1 atom stereocenters. The first kappa shape index (κ1) is 14.5. The monoisotopic (exact) mass is 307 g/mol. The van der Waals surface area contributed by atoms with Crippen molar-refractivity contribution in [2.24, 2.45) is 5.92 Å². The molecular weight excluding hydrogens is 286 g/mol. The van der Waals surface area contributed by atoms with E-state index in [4.69, 9.17) is 5.11 Å². The van der Waals surface area contributed by atoms with Gasteiger partial charge in [-0.25, -0.2) is 4.98 Å². The fourth-order valence-corrected chi connectivity index (χ4v) is 3.96. The van der Waals surface area contributed by atoms with E-state index in [1.165, 1.54) is 0 Å². The maximum absolute atomic E-state index is 12.5. The second-order valence-corrected chi connectivity index (χ2v) is 6.64. The Morgan fingerprint density at radius 2 is 2.43 bits per heavy atom. The fraction of sp³-hybridized carbons (Fsp3) is 0.600. The number of aryl methyl sites for hydroxylation is 1. The number of hydrogen-bond acceptors (Lipinski definition) is 4. The molecule has 0 radical (unpaired) electrons. The van der Waals surface area contributed by atoms with E-state index in [9.17, 15) is 4.79 Å². The van der Waals surface area contributed by atoms with Gasteiger partial charge in [0.2, 0.25) is 5.91 Å². The van der Waals surface area contributed by atoms with Crippen LogP contribution >= 0.6 is 11.3 Å². The number of likely N-dealkylation sites (tertiary alicyclic amines) is 1. The number of aliphatic hydroxyl groups is 1. The van der Waals surface area contributed by atoms with E-state index in [2.05, 4.69) is 4.98 Å². The maximum Gasteiger partial charge on any atom is 0.228 e. The van der Waals surface area contributed by atoms with E-state index in [-0.39, 0.29) is 12.5 Å². The summed E-state index contributed by atoms with van der Waals surface area (Å²) < 4.78 is 2.02. The van der Waals surface area contributed by atoms with Gasteiger partial charge in [-0.15, -0.1) is 11.3 Å². The third kappa shape index (κ3) is 3.11. The fourth-order valence-electron chi connectivity index (χ4n) is 3.05. The lowest BCUT2D eigenvalue weighted by Gasteiger charge is -2.32. The van der Waals surface area contributed by atoms with Crippen molar-refractivity contribution >= 4 is 22.2 Å². The van der Waals surface area contributed by atoms with Crippen LogP contribution in [0.5, 0.6) is 0 Å². The Morgan fingerprint density at radius 1 is 1.57 bits per heavy atom. The van der Waals surface area contributed by atoms with Crippen LogP contribution in [0.2, 0.25) is 0 Å². The predicted octanol–water partition coefficient (Wildman–Crippen LogP) is 1.87. The molecule has 0 bridgehead atoms. The number of thiazole rings is 1. The topological polar surface area (TPSA) is 57.8 Å². The average molecular weight is 307 g/mol. The van der Waals surface area contributed by atoms with Gasteiger partial charge in [0.05, 0.1) is 12.1 Å². The zero-order valence-corrected chi connectivity index (χ0v) is 13.1. The van der Waals surface area contributed by atoms with Crippen molar-refractivity contribution in [2.45, 2.75) is 32.6 Å². The summed E-state index contributed by atoms with van der Waals surface area (Å²) in [5, 5.41) is 11.1. The summed E-state index contributed by atoms with van der Waals surface area (Å²) in [7, 11) is 0. The van der Waals surface area contributed by atoms with Gasteiger partial charge in [-0.1, -0.05) is 0 Å². The number of nitrogens with zero attached hydrogens (tertiary/aromatic N) is 3. The first-order valence-corrected chi connectivity index (χ1v) is 8.36. The third-order valence-electron chi connectivity index (χ3n) is 4.15. The SMILES string of the molecule is Cc1cn2c(CC(=O)N3CCCC(CCO)C3)csc2n1. The van der Waals surface area contributed by atoms with Crippen LogP contribution in [0.3, 0.4) is 0 Å². The van der Waals surface area contributed by atoms with Crippen molar-refractivity contribution in [1.82, 2.24) is 14.3 Å². The van der Waals surface area contributed by atoms with Crippen molar-refractivity contribution < 1.29 is 9.90 Å². The summed E-state index contributed by atoms with van der Waals surface area (Å²) in [5.74, 6) is 0.634. The predicted molar refractivity (Wildman–Crippen MR) is 82.5 cm³/mol. The highest BCUT2D eigenvalue weighted by Crippen LogP contribution is 2.21. The van der Waals surface area contributed by atoms with Gasteiger partial charge >= 0.3 is 0 Å². The smallest absolute Gasteiger partial charge is 0.228 e. The Hall–Kier alpha value is -1.40. The molecule has 1 amide bonds. The number of amides is 1. The molecule has 0 saturated carbocycles. The van der Waals surface area contributed by atoms with E-state index in [1.807, 2.05) is 27.8 Å². The van der Waals surface area contributed by atoms with Gasteiger partial charge in [-0.05, 0) is 32.1 Å². The molecule has 114 valence electrons. The number of aliphatic hydroxyl groups excluding tert-OH is 1. The van der Waals surface area contributed by atoms with Gasteiger partial charge in [0.1, 0.15) is 0 Å². The number of aromatic nitrogens is 2. The Balaban J connectivity index is 1.68. The summed E-state index contributed by atoms with van der Waals surface area (Å²) in [4.78, 5) is 19.8. The maximum atomic E-state index is 12.5. The minimum atomic E-state index is 0.184. The minimum Gasteiger partial charge on any atom is -0.396 e. The quantitative estimate of drug-likeness (QED) is 0.938. The van der Waals surface area contributed by atoms with Crippen LogP contribution in [0, 0.1) is 12.8 Å². The van der Waals surface area contributed by atoms with Gasteiger partial charge in [-0.2, -0.15) is 0 Å². The highest BCUT2D eigenvalue weighted by molar-refractivity contribution is 7.15. The van der Waals surface area contributed by atoms with Gasteiger partial charge in [-0.3, -0.25) is 9.20 Å². The lowest BCUT2D eigenvalue weighted by Crippen LogP contribution is -2.41. The standard InChI is InChI=1S/C15H21N3O2S/c1-11-8-18-13(10-21-15(18)16-11)7-14(20)17-5-2-3-12(9-17)4-6-19/h8,10,12,19H,2-7,9H2,1H3. The van der Waals surface area contributed by atoms with Crippen molar-refractivity contribution in [3.8, 4) is 0 Å². The lowest BCUT2D eigenvalue weighted by atomic mass is 9.95. The van der Waals surface area contributed by atoms with Crippen LogP contribution < -0.4 is 0 Å². The molecule has 1 aliphatic heterocycles. The molecular formula is C15H21N3O2S. The first-order chi connectivity index (χ1) is 10.2. The van der Waals surface area contributed by atoms with Gasteiger partial charge in [0.15, 0.2) is 4.96 Å². The first-order valence-electron chi connectivity index (χ1n) is 7.48. The van der Waals surface area contributed by atoms with E-state index < -0.39 is 0 Å². The Bertz CT molecular complexity index is 632. The van der Waals surface area contributed by atoms with E-state index >= 15 is 0 Å². The second kappa shape index (κ2) is 6.15. The highest BCUT2D eigenvalue weighted by atomic mass is 32.1. The molecule has 3 rings (SSSR count). The van der Waals surface area contributed by atoms with Crippen LogP contribution in [0.25, 0.3) is 4.96 Å². The highest BCUT2D eigenvalue weighted by Gasteiger charge is 2.24. The molecule has 1 unspecified atom stereocenters. The largest absolute Gasteiger partial charge is 0.396 e. The van der Waals surface area contributed by atoms with Crippen LogP contribution in [-0.4, -0.2) is 45.0 Å². The molecule has 21 heavy (non-hydrogen) atoms. The molecule has 0 spiro atoms. The number of fused-ring (bicyclic) bond motifs is 1. The summed E-state index contributed by atoms with van der Waals surface area (Å²) >= 11 is 1.58. The minimum absolute atomic E-state index is 0.184. The Morgan fingerprint density at radius 3 is 3.24 bits per heavy atom. The molecule has 6 heteroatoms. The third-order valence-corrected chi connectivity index (χ3v) is 5.03. The number of carbonyl (C=O) groups excluding carboxylic acids is 1. The average Bonchev–Trinajstić information content (AvgIpc) is 3.00. The molecule has 0 aromatic carbocycles. The molecule has 3 heterocycles. The zero-order valence-electron chi connectivity index (χ0n) is 12.3. The summed E-state index contributed by atoms with van der Waals surface area (Å²) in [6.45, 7) is 3.81. The molecule has 5 nitrogen and oxygen atoms in total. The zero-order chi connectivity index (χ0) is 14.8. The number of piperidine rings is 1. The van der Waals surface area contributed by atoms with Crippen molar-refractivity contribution in [2.75, 3.05) is 19.7 Å². The summed E-state index contributed by atoms with van der Waals surface area (Å²) in [5.41, 5.74) is 2.00. The molecule has 1 N–H and O–H groups in total. The normalized spacial score (nSPS) is 19.3. The van der Waals surface area contributed by atoms with Crippen LogP contribution in [0.15, 0.2) is 11.6 Å². The Kier molecular flexibility index (Phi) is 4.26. The van der Waals surface area contributed by atoms with E-state index in [1.54, 1.807) is 11.3 Å². The molecule has 1 saturated heterocycles. The molecule has 2 aromatic rings. The van der Waals surface area contributed by atoms with Gasteiger partial charge < -0.3 is 10.0 Å². The van der Waals surface area contributed by atoms with Gasteiger partial charge in [0.25, 0.3) is 0 Å². The second-order valence-electron chi connectivity index (χ2n) is 5.80. The van der Waals surface area contributed by atoms with Crippen molar-refractivity contribution in [1.29, 1.82) is 0 Å². The molecule has 2 aromatic heterocycles. The summed E-state index contributed by atoms with van der Waals surface area (Å²) in [6.07, 6.45) is 5.38. The molecule has 1 aliphatic rings. The lowest BCUT2D eigenvalue weighted by molar-refractivity contribution is -0.132. The van der Waals surface area contributed by atoms with Gasteiger partial charge in [0, 0.05) is 37.0 Å². The van der Waals surface area contributed by atoms with Crippen molar-refractivity contribution in [3.05, 3.63) is 23.0 Å². The number of hydrogen-bond donors (Lipinski definition) is 1. The Labute approximate surface area is 128 Å². The van der Waals surface area contributed by atoms with E-state index in [0.29, 0.717) is 12.3 Å². The number of carbonyl (C=O) groups is 1. The molecule has 0 aliphatic carbocycles. The number of imidazole rings is 1. The van der Waals surface area contributed by atoms with Crippen LogP contribution in [0.4, 0.5) is 0 Å².